The van der Waals surface area contributed by atoms with Gasteiger partial charge in [0.1, 0.15) is 6.04 Å². The molecule has 1 aliphatic heterocycles. The summed E-state index contributed by atoms with van der Waals surface area (Å²) in [6, 6.07) is -1.50. The molecule has 104 valence electrons. The fourth-order valence-corrected chi connectivity index (χ4v) is 2.13. The van der Waals surface area contributed by atoms with Gasteiger partial charge in [-0.2, -0.15) is 0 Å². The molecule has 1 aliphatic rings. The maximum absolute atomic E-state index is 12.0. The van der Waals surface area contributed by atoms with Crippen LogP contribution >= 0.6 is 0 Å². The molecule has 7 nitrogen and oxygen atoms in total. The zero-order valence-corrected chi connectivity index (χ0v) is 10.8. The van der Waals surface area contributed by atoms with Crippen molar-refractivity contribution in [1.82, 2.24) is 9.80 Å². The lowest BCUT2D eigenvalue weighted by Gasteiger charge is -2.31. The van der Waals surface area contributed by atoms with Gasteiger partial charge in [0.2, 0.25) is 0 Å². The molecule has 0 bridgehead atoms. The largest absolute Gasteiger partial charge is 0.480 e. The van der Waals surface area contributed by atoms with E-state index in [1.807, 2.05) is 0 Å². The molecule has 0 aliphatic carbocycles. The standard InChI is InChI=1S/C11H20N2O5/c1-11(2,18)6-12(3)10(17)13-5-7(14)4-8(13)9(15)16/h7-8,14,18H,4-6H2,1-3H3,(H,15,16)/t7?,8-/m0/s1. The summed E-state index contributed by atoms with van der Waals surface area (Å²) in [5.74, 6) is -1.13. The Labute approximate surface area is 106 Å². The normalized spacial score (nSPS) is 24.2. The van der Waals surface area contributed by atoms with Crippen molar-refractivity contribution in [3.05, 3.63) is 0 Å². The Bertz CT molecular complexity index is 339. The highest BCUT2D eigenvalue weighted by atomic mass is 16.4. The lowest BCUT2D eigenvalue weighted by atomic mass is 10.1. The molecule has 2 atom stereocenters. The number of carboxylic acids is 1. The summed E-state index contributed by atoms with van der Waals surface area (Å²) >= 11 is 0. The zero-order valence-electron chi connectivity index (χ0n) is 10.8. The monoisotopic (exact) mass is 260 g/mol. The second kappa shape index (κ2) is 5.11. The molecule has 1 fully saturated rings. The molecule has 0 aromatic rings. The number of urea groups is 1. The van der Waals surface area contributed by atoms with Gasteiger partial charge in [-0.3, -0.25) is 0 Å². The van der Waals surface area contributed by atoms with Crippen molar-refractivity contribution in [3.63, 3.8) is 0 Å². The SMILES string of the molecule is CN(CC(C)(C)O)C(=O)N1CC(O)C[C@H]1C(=O)O. The number of hydrogen-bond acceptors (Lipinski definition) is 4. The van der Waals surface area contributed by atoms with Crippen LogP contribution in [0.1, 0.15) is 20.3 Å². The van der Waals surface area contributed by atoms with E-state index in [2.05, 4.69) is 0 Å². The van der Waals surface area contributed by atoms with Gasteiger partial charge >= 0.3 is 12.0 Å². The molecule has 7 heteroatoms. The molecule has 1 unspecified atom stereocenters. The van der Waals surface area contributed by atoms with E-state index in [1.54, 1.807) is 13.8 Å². The maximum atomic E-state index is 12.0. The summed E-state index contributed by atoms with van der Waals surface area (Å²) in [6.07, 6.45) is -0.775. The molecular weight excluding hydrogens is 240 g/mol. The minimum atomic E-state index is -1.13. The van der Waals surface area contributed by atoms with Crippen molar-refractivity contribution >= 4 is 12.0 Å². The van der Waals surface area contributed by atoms with Crippen LogP contribution in [0.3, 0.4) is 0 Å². The maximum Gasteiger partial charge on any atom is 0.326 e. The van der Waals surface area contributed by atoms with Gasteiger partial charge in [-0.05, 0) is 13.8 Å². The van der Waals surface area contributed by atoms with Crippen LogP contribution in [-0.4, -0.2) is 75.0 Å². The predicted molar refractivity (Wildman–Crippen MR) is 63.1 cm³/mol. The average Bonchev–Trinajstić information content (AvgIpc) is 2.56. The molecule has 0 radical (unpaired) electrons. The van der Waals surface area contributed by atoms with Crippen LogP contribution in [0.15, 0.2) is 0 Å². The minimum absolute atomic E-state index is 0.00595. The number of β-amino-alcohol motifs (C(OH)–C–C–N with tert-alkyl or cyclic N) is 1. The predicted octanol–water partition coefficient (Wildman–Crippen LogP) is -0.671. The van der Waals surface area contributed by atoms with Crippen molar-refractivity contribution in [1.29, 1.82) is 0 Å². The zero-order chi connectivity index (χ0) is 14.1. The number of amides is 2. The van der Waals surface area contributed by atoms with E-state index in [9.17, 15) is 19.8 Å². The molecule has 0 aromatic heterocycles. The van der Waals surface area contributed by atoms with Crippen molar-refractivity contribution < 1.29 is 24.9 Å². The van der Waals surface area contributed by atoms with Gasteiger partial charge in [0.15, 0.2) is 0 Å². The molecule has 0 spiro atoms. The molecular formula is C11H20N2O5. The van der Waals surface area contributed by atoms with Crippen LogP contribution in [-0.2, 0) is 4.79 Å². The average molecular weight is 260 g/mol. The highest BCUT2D eigenvalue weighted by Crippen LogP contribution is 2.20. The Morgan fingerprint density at radius 2 is 2.00 bits per heavy atom. The second-order valence-electron chi connectivity index (χ2n) is 5.35. The minimum Gasteiger partial charge on any atom is -0.480 e. The van der Waals surface area contributed by atoms with Gasteiger partial charge in [0, 0.05) is 20.0 Å². The molecule has 1 rings (SSSR count). The van der Waals surface area contributed by atoms with Crippen LogP contribution in [0.2, 0.25) is 0 Å². The van der Waals surface area contributed by atoms with Crippen LogP contribution in [0, 0.1) is 0 Å². The Kier molecular flexibility index (Phi) is 4.18. The van der Waals surface area contributed by atoms with E-state index in [1.165, 1.54) is 11.9 Å². The first-order valence-corrected chi connectivity index (χ1v) is 5.77. The molecule has 1 saturated heterocycles. The van der Waals surface area contributed by atoms with Crippen molar-refractivity contribution in [3.8, 4) is 0 Å². The first kappa shape index (κ1) is 14.7. The summed E-state index contributed by atoms with van der Waals surface area (Å²) in [6.45, 7) is 3.21. The third-order valence-electron chi connectivity index (χ3n) is 2.76. The number of rotatable bonds is 3. The first-order valence-electron chi connectivity index (χ1n) is 5.77. The van der Waals surface area contributed by atoms with Crippen molar-refractivity contribution in [2.75, 3.05) is 20.1 Å². The van der Waals surface area contributed by atoms with Crippen molar-refractivity contribution in [2.45, 2.75) is 38.0 Å². The fourth-order valence-electron chi connectivity index (χ4n) is 2.13. The Balaban J connectivity index is 2.73. The number of carbonyl (C=O) groups excluding carboxylic acids is 1. The summed E-state index contributed by atoms with van der Waals surface area (Å²) in [7, 11) is 1.49. The van der Waals surface area contributed by atoms with Gasteiger partial charge in [-0.15, -0.1) is 0 Å². The lowest BCUT2D eigenvalue weighted by Crippen LogP contribution is -2.50. The topological polar surface area (TPSA) is 101 Å². The molecule has 0 saturated carbocycles. The van der Waals surface area contributed by atoms with Gasteiger partial charge in [-0.1, -0.05) is 0 Å². The Morgan fingerprint density at radius 1 is 1.44 bits per heavy atom. The third-order valence-corrected chi connectivity index (χ3v) is 2.76. The quantitative estimate of drug-likeness (QED) is 0.624. The Morgan fingerprint density at radius 3 is 2.44 bits per heavy atom. The molecule has 2 amide bonds. The number of hydrogen-bond donors (Lipinski definition) is 3. The summed E-state index contributed by atoms with van der Waals surface area (Å²) in [5.41, 5.74) is -1.05. The smallest absolute Gasteiger partial charge is 0.326 e. The molecule has 0 aromatic carbocycles. The highest BCUT2D eigenvalue weighted by Gasteiger charge is 2.40. The molecule has 3 N–H and O–H groups in total. The number of likely N-dealkylation sites (N-methyl/N-ethyl adjacent to an activating group) is 1. The van der Waals surface area contributed by atoms with Gasteiger partial charge in [-0.25, -0.2) is 9.59 Å². The number of nitrogens with zero attached hydrogens (tertiary/aromatic N) is 2. The highest BCUT2D eigenvalue weighted by molar-refractivity contribution is 5.83. The summed E-state index contributed by atoms with van der Waals surface area (Å²) < 4.78 is 0. The number of aliphatic carboxylic acids is 1. The van der Waals surface area contributed by atoms with E-state index in [0.29, 0.717) is 0 Å². The van der Waals surface area contributed by atoms with Gasteiger partial charge in [0.25, 0.3) is 0 Å². The second-order valence-corrected chi connectivity index (χ2v) is 5.35. The first-order chi connectivity index (χ1) is 8.11. The van der Waals surface area contributed by atoms with E-state index in [4.69, 9.17) is 5.11 Å². The van der Waals surface area contributed by atoms with Crippen LogP contribution in [0.5, 0.6) is 0 Å². The van der Waals surface area contributed by atoms with Gasteiger partial charge < -0.3 is 25.1 Å². The van der Waals surface area contributed by atoms with E-state index >= 15 is 0 Å². The number of likely N-dealkylation sites (tertiary alicyclic amines) is 1. The van der Waals surface area contributed by atoms with Crippen LogP contribution < -0.4 is 0 Å². The third kappa shape index (κ3) is 3.58. The van der Waals surface area contributed by atoms with E-state index in [-0.39, 0.29) is 19.5 Å². The molecule has 18 heavy (non-hydrogen) atoms. The number of carboxylic acid groups (broad SMARTS) is 1. The van der Waals surface area contributed by atoms with Crippen molar-refractivity contribution in [2.24, 2.45) is 0 Å². The Hall–Kier alpha value is -1.34. The van der Waals surface area contributed by atoms with E-state index in [0.717, 1.165) is 4.90 Å². The summed E-state index contributed by atoms with van der Waals surface area (Å²) in [4.78, 5) is 25.4. The number of aliphatic hydroxyl groups is 2. The fraction of sp³-hybridized carbons (Fsp3) is 0.818. The number of carbonyl (C=O) groups is 2. The van der Waals surface area contributed by atoms with Crippen LogP contribution in [0.25, 0.3) is 0 Å². The summed E-state index contributed by atoms with van der Waals surface area (Å²) in [5, 5.41) is 28.1. The lowest BCUT2D eigenvalue weighted by molar-refractivity contribution is -0.141. The number of aliphatic hydroxyl groups excluding tert-OH is 1. The van der Waals surface area contributed by atoms with E-state index < -0.39 is 29.7 Å². The van der Waals surface area contributed by atoms with Gasteiger partial charge in [0.05, 0.1) is 18.2 Å². The molecule has 1 heterocycles. The van der Waals surface area contributed by atoms with Crippen LogP contribution in [0.4, 0.5) is 4.79 Å².